The van der Waals surface area contributed by atoms with E-state index in [0.717, 1.165) is 23.1 Å². The van der Waals surface area contributed by atoms with E-state index in [1.807, 2.05) is 32.0 Å². The normalized spacial score (nSPS) is 28.6. The molecule has 1 N–H and O–H groups in total. The van der Waals surface area contributed by atoms with Gasteiger partial charge in [0.25, 0.3) is 0 Å². The number of benzene rings is 1. The van der Waals surface area contributed by atoms with E-state index in [2.05, 4.69) is 0 Å². The molecule has 0 aliphatic heterocycles. The zero-order valence-electron chi connectivity index (χ0n) is 11.1. The van der Waals surface area contributed by atoms with Crippen LogP contribution in [0.3, 0.4) is 0 Å². The number of hydrogen-bond acceptors (Lipinski definition) is 3. The van der Waals surface area contributed by atoms with Gasteiger partial charge < -0.3 is 5.11 Å². The summed E-state index contributed by atoms with van der Waals surface area (Å²) in [5.41, 5.74) is 1.63. The van der Waals surface area contributed by atoms with Crippen molar-refractivity contribution in [1.29, 1.82) is 0 Å². The van der Waals surface area contributed by atoms with Crippen molar-refractivity contribution in [3.05, 3.63) is 34.9 Å². The Kier molecular flexibility index (Phi) is 3.28. The minimum absolute atomic E-state index is 0.523. The summed E-state index contributed by atoms with van der Waals surface area (Å²) in [4.78, 5) is 0. The van der Waals surface area contributed by atoms with E-state index in [0.29, 0.717) is 12.8 Å². The predicted molar refractivity (Wildman–Crippen MR) is 72.3 cm³/mol. The van der Waals surface area contributed by atoms with Crippen LogP contribution in [0.2, 0.25) is 0 Å². The lowest BCUT2D eigenvalue weighted by atomic mass is 9.87. The van der Waals surface area contributed by atoms with E-state index in [9.17, 15) is 13.5 Å². The van der Waals surface area contributed by atoms with Gasteiger partial charge in [0.1, 0.15) is 5.60 Å². The highest BCUT2D eigenvalue weighted by molar-refractivity contribution is 7.91. The Labute approximate surface area is 109 Å². The molecule has 2 atom stereocenters. The van der Waals surface area contributed by atoms with Crippen LogP contribution in [-0.2, 0) is 15.4 Å². The third kappa shape index (κ3) is 2.08. The lowest BCUT2D eigenvalue weighted by Crippen LogP contribution is -2.40. The first-order chi connectivity index (χ1) is 8.27. The maximum atomic E-state index is 11.9. The largest absolute Gasteiger partial charge is 0.384 e. The average Bonchev–Trinajstić information content (AvgIpc) is 2.65. The Morgan fingerprint density at radius 3 is 2.61 bits per heavy atom. The zero-order chi connectivity index (χ0) is 13.6. The van der Waals surface area contributed by atoms with E-state index in [1.54, 1.807) is 0 Å². The maximum Gasteiger partial charge on any atom is 0.153 e. The van der Waals surface area contributed by atoms with Crippen molar-refractivity contribution in [2.24, 2.45) is 0 Å². The van der Waals surface area contributed by atoms with Crippen LogP contribution in [0.4, 0.5) is 0 Å². The molecular weight excluding hydrogens is 248 g/mol. The topological polar surface area (TPSA) is 54.4 Å². The second-order valence-corrected chi connectivity index (χ2v) is 7.61. The number of sulfone groups is 1. The first-order valence-corrected chi connectivity index (χ1v) is 8.20. The second kappa shape index (κ2) is 4.35. The lowest BCUT2D eigenvalue weighted by Gasteiger charge is -2.31. The zero-order valence-corrected chi connectivity index (χ0v) is 11.9. The molecule has 1 fully saturated rings. The van der Waals surface area contributed by atoms with E-state index in [-0.39, 0.29) is 0 Å². The van der Waals surface area contributed by atoms with Crippen molar-refractivity contribution >= 4 is 9.84 Å². The molecule has 100 valence electrons. The average molecular weight is 268 g/mol. The van der Waals surface area contributed by atoms with Gasteiger partial charge in [0.15, 0.2) is 9.84 Å². The molecule has 1 aromatic carbocycles. The van der Waals surface area contributed by atoms with Crippen molar-refractivity contribution in [2.45, 2.75) is 44.0 Å². The Balaban J connectivity index is 2.57. The second-order valence-electron chi connectivity index (χ2n) is 5.38. The van der Waals surface area contributed by atoms with Crippen molar-refractivity contribution in [1.82, 2.24) is 0 Å². The molecule has 2 rings (SSSR count). The fourth-order valence-corrected chi connectivity index (χ4v) is 4.60. The number of rotatable bonds is 2. The minimum atomic E-state index is -3.24. The molecule has 3 nitrogen and oxygen atoms in total. The Morgan fingerprint density at radius 1 is 1.33 bits per heavy atom. The molecule has 0 saturated heterocycles. The van der Waals surface area contributed by atoms with Gasteiger partial charge >= 0.3 is 0 Å². The van der Waals surface area contributed by atoms with Gasteiger partial charge in [-0.05, 0) is 49.8 Å². The summed E-state index contributed by atoms with van der Waals surface area (Å²) in [5.74, 6) is 0. The minimum Gasteiger partial charge on any atom is -0.384 e. The highest BCUT2D eigenvalue weighted by Gasteiger charge is 2.48. The van der Waals surface area contributed by atoms with Crippen LogP contribution in [0.15, 0.2) is 18.2 Å². The van der Waals surface area contributed by atoms with Gasteiger partial charge in [0, 0.05) is 6.26 Å². The van der Waals surface area contributed by atoms with E-state index in [4.69, 9.17) is 0 Å². The van der Waals surface area contributed by atoms with Crippen molar-refractivity contribution in [3.8, 4) is 0 Å². The predicted octanol–water partition coefficient (Wildman–Crippen LogP) is 2.09. The molecule has 0 spiro atoms. The molecule has 0 radical (unpaired) electrons. The van der Waals surface area contributed by atoms with Gasteiger partial charge in [0.2, 0.25) is 0 Å². The molecule has 18 heavy (non-hydrogen) atoms. The van der Waals surface area contributed by atoms with Crippen LogP contribution in [0.1, 0.15) is 36.0 Å². The molecule has 2 unspecified atom stereocenters. The third-order valence-electron chi connectivity index (χ3n) is 4.14. The number of aliphatic hydroxyl groups is 1. The monoisotopic (exact) mass is 268 g/mol. The molecule has 0 bridgehead atoms. The molecule has 0 aromatic heterocycles. The maximum absolute atomic E-state index is 11.9. The molecular formula is C14H20O3S. The van der Waals surface area contributed by atoms with Crippen LogP contribution in [0.25, 0.3) is 0 Å². The highest BCUT2D eigenvalue weighted by Crippen LogP contribution is 2.43. The van der Waals surface area contributed by atoms with Crippen LogP contribution in [0.5, 0.6) is 0 Å². The smallest absolute Gasteiger partial charge is 0.153 e. The fourth-order valence-electron chi connectivity index (χ4n) is 3.05. The van der Waals surface area contributed by atoms with E-state index < -0.39 is 20.7 Å². The van der Waals surface area contributed by atoms with Crippen LogP contribution in [0, 0.1) is 13.8 Å². The molecule has 1 aliphatic rings. The van der Waals surface area contributed by atoms with Crippen molar-refractivity contribution < 1.29 is 13.5 Å². The molecule has 1 aliphatic carbocycles. The number of hydrogen-bond donors (Lipinski definition) is 1. The van der Waals surface area contributed by atoms with Gasteiger partial charge in [0.05, 0.1) is 5.25 Å². The standard InChI is InChI=1S/C14H20O3S/c1-10-6-4-7-12(11(10)2)14(15)9-5-8-13(14)18(3,16)17/h4,6-7,13,15H,5,8-9H2,1-3H3. The summed E-state index contributed by atoms with van der Waals surface area (Å²) in [6.07, 6.45) is 3.04. The van der Waals surface area contributed by atoms with Gasteiger partial charge in [-0.3, -0.25) is 0 Å². The summed E-state index contributed by atoms with van der Waals surface area (Å²) in [7, 11) is -3.24. The fraction of sp³-hybridized carbons (Fsp3) is 0.571. The SMILES string of the molecule is Cc1cccc(C2(O)CCCC2S(C)(=O)=O)c1C. The molecule has 0 amide bonds. The van der Waals surface area contributed by atoms with Crippen molar-refractivity contribution in [2.75, 3.05) is 6.26 Å². The summed E-state index contributed by atoms with van der Waals surface area (Å²) >= 11 is 0. The summed E-state index contributed by atoms with van der Waals surface area (Å²) in [6.45, 7) is 3.92. The number of aryl methyl sites for hydroxylation is 1. The highest BCUT2D eigenvalue weighted by atomic mass is 32.2. The molecule has 0 heterocycles. The summed E-state index contributed by atoms with van der Waals surface area (Å²) < 4.78 is 23.7. The van der Waals surface area contributed by atoms with Crippen LogP contribution < -0.4 is 0 Å². The van der Waals surface area contributed by atoms with Crippen molar-refractivity contribution in [3.63, 3.8) is 0 Å². The quantitative estimate of drug-likeness (QED) is 0.893. The molecule has 1 saturated carbocycles. The molecule has 4 heteroatoms. The molecule has 1 aromatic rings. The van der Waals surface area contributed by atoms with Gasteiger partial charge in [-0.2, -0.15) is 0 Å². The first-order valence-electron chi connectivity index (χ1n) is 6.25. The third-order valence-corrected chi connectivity index (χ3v) is 5.80. The van der Waals surface area contributed by atoms with Gasteiger partial charge in [-0.15, -0.1) is 0 Å². The van der Waals surface area contributed by atoms with E-state index >= 15 is 0 Å². The van der Waals surface area contributed by atoms with Gasteiger partial charge in [-0.25, -0.2) is 8.42 Å². The van der Waals surface area contributed by atoms with Crippen LogP contribution >= 0.6 is 0 Å². The Bertz CT molecular complexity index is 562. The van der Waals surface area contributed by atoms with Crippen LogP contribution in [-0.4, -0.2) is 25.0 Å². The Hall–Kier alpha value is -0.870. The summed E-state index contributed by atoms with van der Waals surface area (Å²) in [5, 5.41) is 10.2. The lowest BCUT2D eigenvalue weighted by molar-refractivity contribution is 0.0470. The first kappa shape index (κ1) is 13.6. The van der Waals surface area contributed by atoms with E-state index in [1.165, 1.54) is 6.26 Å². The Morgan fingerprint density at radius 2 is 2.00 bits per heavy atom. The van der Waals surface area contributed by atoms with Gasteiger partial charge in [-0.1, -0.05) is 18.2 Å². The summed E-state index contributed by atoms with van der Waals surface area (Å²) in [6, 6.07) is 5.71.